The number of hydrogen-bond donors (Lipinski definition) is 0. The van der Waals surface area contributed by atoms with Crippen molar-refractivity contribution in [3.05, 3.63) is 82.0 Å². The Bertz CT molecular complexity index is 832. The van der Waals surface area contributed by atoms with Crippen molar-refractivity contribution in [3.8, 4) is 10.4 Å². The average Bonchev–Trinajstić information content (AvgIpc) is 3.01. The van der Waals surface area contributed by atoms with Gasteiger partial charge in [0.25, 0.3) is 0 Å². The summed E-state index contributed by atoms with van der Waals surface area (Å²) in [5.41, 5.74) is 2.14. The number of benzene rings is 2. The van der Waals surface area contributed by atoms with E-state index >= 15 is 0 Å². The van der Waals surface area contributed by atoms with Crippen LogP contribution in [0.2, 0.25) is 0 Å². The second-order valence-electron chi connectivity index (χ2n) is 5.56. The van der Waals surface area contributed by atoms with Crippen LogP contribution in [0.5, 0.6) is 0 Å². The molecule has 0 saturated carbocycles. The molecule has 0 unspecified atom stereocenters. The molecule has 118 valence electrons. The molecule has 0 amide bonds. The van der Waals surface area contributed by atoms with Crippen molar-refractivity contribution in [1.29, 1.82) is 0 Å². The predicted octanol–water partition coefficient (Wildman–Crippen LogP) is 6.31. The van der Waals surface area contributed by atoms with Gasteiger partial charge in [-0.2, -0.15) is 8.78 Å². The van der Waals surface area contributed by atoms with Gasteiger partial charge in [-0.05, 0) is 55.3 Å². The highest BCUT2D eigenvalue weighted by atomic mass is 32.1. The quantitative estimate of drug-likeness (QED) is 0.527. The molecule has 0 atom stereocenters. The van der Waals surface area contributed by atoms with Gasteiger partial charge >= 0.3 is 5.92 Å². The Kier molecular flexibility index (Phi) is 4.02. The Morgan fingerprint density at radius 3 is 2.26 bits per heavy atom. The molecule has 0 fully saturated rings. The minimum atomic E-state index is -3.04. The topological polar surface area (TPSA) is 0 Å². The Labute approximate surface area is 137 Å². The molecule has 0 aliphatic rings. The standard InChI is InChI=1S/C19H15F3S/c1-12-3-4-13(2)16(11-12)19(21,22)18-10-9-17(23-18)14-5-7-15(20)8-6-14/h3-11H,1-2H3. The molecule has 1 heterocycles. The summed E-state index contributed by atoms with van der Waals surface area (Å²) in [6.45, 7) is 3.49. The Morgan fingerprint density at radius 1 is 0.870 bits per heavy atom. The molecule has 0 nitrogen and oxygen atoms in total. The van der Waals surface area contributed by atoms with E-state index < -0.39 is 5.92 Å². The van der Waals surface area contributed by atoms with E-state index in [0.29, 0.717) is 10.4 Å². The normalized spacial score (nSPS) is 11.7. The third-order valence-corrected chi connectivity index (χ3v) is 4.98. The first kappa shape index (κ1) is 15.8. The zero-order chi connectivity index (χ0) is 16.6. The molecule has 0 aliphatic heterocycles. The van der Waals surface area contributed by atoms with Gasteiger partial charge in [-0.3, -0.25) is 0 Å². The Hall–Kier alpha value is -2.07. The summed E-state index contributed by atoms with van der Waals surface area (Å²) in [5, 5.41) is 0. The van der Waals surface area contributed by atoms with Gasteiger partial charge in [0.05, 0.1) is 4.88 Å². The number of halogens is 3. The molecule has 0 N–H and O–H groups in total. The van der Waals surface area contributed by atoms with Crippen molar-refractivity contribution in [2.75, 3.05) is 0 Å². The average molecular weight is 332 g/mol. The molecular weight excluding hydrogens is 317 g/mol. The summed E-state index contributed by atoms with van der Waals surface area (Å²) in [4.78, 5) is 0.690. The van der Waals surface area contributed by atoms with Crippen LogP contribution in [0.3, 0.4) is 0 Å². The van der Waals surface area contributed by atoms with E-state index in [0.717, 1.165) is 22.5 Å². The Balaban J connectivity index is 2.01. The van der Waals surface area contributed by atoms with Crippen molar-refractivity contribution in [2.24, 2.45) is 0 Å². The Morgan fingerprint density at radius 2 is 1.57 bits per heavy atom. The molecule has 0 aliphatic carbocycles. The second kappa shape index (κ2) is 5.85. The van der Waals surface area contributed by atoms with Crippen molar-refractivity contribution in [1.82, 2.24) is 0 Å². The lowest BCUT2D eigenvalue weighted by Gasteiger charge is -2.18. The first-order valence-corrected chi connectivity index (χ1v) is 8.01. The fraction of sp³-hybridized carbons (Fsp3) is 0.158. The van der Waals surface area contributed by atoms with E-state index in [1.54, 1.807) is 38.1 Å². The highest BCUT2D eigenvalue weighted by molar-refractivity contribution is 7.15. The summed E-state index contributed by atoms with van der Waals surface area (Å²) in [6, 6.07) is 14.0. The molecule has 1 aromatic heterocycles. The smallest absolute Gasteiger partial charge is 0.207 e. The van der Waals surface area contributed by atoms with Crippen LogP contribution >= 0.6 is 11.3 Å². The van der Waals surface area contributed by atoms with Gasteiger partial charge in [0, 0.05) is 10.4 Å². The SMILES string of the molecule is Cc1ccc(C)c(C(F)(F)c2ccc(-c3ccc(F)cc3)s2)c1. The minimum absolute atomic E-state index is 0.00877. The number of rotatable bonds is 3. The number of alkyl halides is 2. The maximum absolute atomic E-state index is 14.9. The van der Waals surface area contributed by atoms with Crippen LogP contribution in [0.1, 0.15) is 21.6 Å². The lowest BCUT2D eigenvalue weighted by atomic mass is 9.99. The molecule has 3 rings (SSSR count). The molecule has 23 heavy (non-hydrogen) atoms. The number of aryl methyl sites for hydroxylation is 2. The zero-order valence-corrected chi connectivity index (χ0v) is 13.6. The van der Waals surface area contributed by atoms with E-state index in [4.69, 9.17) is 0 Å². The first-order valence-electron chi connectivity index (χ1n) is 7.20. The minimum Gasteiger partial charge on any atom is -0.207 e. The van der Waals surface area contributed by atoms with E-state index in [9.17, 15) is 13.2 Å². The largest absolute Gasteiger partial charge is 0.307 e. The van der Waals surface area contributed by atoms with Crippen molar-refractivity contribution < 1.29 is 13.2 Å². The number of thiophene rings is 1. The van der Waals surface area contributed by atoms with E-state index in [2.05, 4.69) is 0 Å². The lowest BCUT2D eigenvalue weighted by molar-refractivity contribution is 0.0462. The third kappa shape index (κ3) is 3.04. The molecule has 0 saturated heterocycles. The molecule has 0 spiro atoms. The molecule has 2 aromatic carbocycles. The van der Waals surface area contributed by atoms with Gasteiger partial charge in [0.2, 0.25) is 0 Å². The molecule has 0 radical (unpaired) electrons. The third-order valence-electron chi connectivity index (χ3n) is 3.78. The second-order valence-corrected chi connectivity index (χ2v) is 6.65. The van der Waals surface area contributed by atoms with Crippen LogP contribution in [0.4, 0.5) is 13.2 Å². The monoisotopic (exact) mass is 332 g/mol. The van der Waals surface area contributed by atoms with E-state index in [1.807, 2.05) is 6.07 Å². The van der Waals surface area contributed by atoms with Crippen LogP contribution in [0, 0.1) is 19.7 Å². The van der Waals surface area contributed by atoms with Crippen LogP contribution in [0.25, 0.3) is 10.4 Å². The predicted molar refractivity (Wildman–Crippen MR) is 88.6 cm³/mol. The first-order chi connectivity index (χ1) is 10.9. The van der Waals surface area contributed by atoms with Crippen molar-refractivity contribution >= 4 is 11.3 Å². The van der Waals surface area contributed by atoms with Gasteiger partial charge in [-0.15, -0.1) is 11.3 Å². The van der Waals surface area contributed by atoms with Crippen LogP contribution < -0.4 is 0 Å². The van der Waals surface area contributed by atoms with Crippen LogP contribution in [0.15, 0.2) is 54.6 Å². The van der Waals surface area contributed by atoms with Crippen molar-refractivity contribution in [2.45, 2.75) is 19.8 Å². The van der Waals surface area contributed by atoms with Gasteiger partial charge in [-0.1, -0.05) is 29.8 Å². The number of hydrogen-bond acceptors (Lipinski definition) is 1. The van der Waals surface area contributed by atoms with Crippen LogP contribution in [-0.2, 0) is 5.92 Å². The highest BCUT2D eigenvalue weighted by Gasteiger charge is 2.37. The zero-order valence-electron chi connectivity index (χ0n) is 12.7. The van der Waals surface area contributed by atoms with E-state index in [-0.39, 0.29) is 16.3 Å². The van der Waals surface area contributed by atoms with Gasteiger partial charge < -0.3 is 0 Å². The van der Waals surface area contributed by atoms with Gasteiger partial charge in [0.15, 0.2) is 0 Å². The molecule has 0 bridgehead atoms. The highest BCUT2D eigenvalue weighted by Crippen LogP contribution is 2.43. The van der Waals surface area contributed by atoms with Crippen LogP contribution in [-0.4, -0.2) is 0 Å². The van der Waals surface area contributed by atoms with Gasteiger partial charge in [0.1, 0.15) is 5.82 Å². The maximum atomic E-state index is 14.9. The summed E-state index contributed by atoms with van der Waals surface area (Å²) in [5.74, 6) is -3.38. The van der Waals surface area contributed by atoms with Crippen molar-refractivity contribution in [3.63, 3.8) is 0 Å². The fourth-order valence-electron chi connectivity index (χ4n) is 2.48. The molecular formula is C19H15F3S. The lowest BCUT2D eigenvalue weighted by Crippen LogP contribution is -2.15. The summed E-state index contributed by atoms with van der Waals surface area (Å²) < 4.78 is 42.7. The summed E-state index contributed by atoms with van der Waals surface area (Å²) in [7, 11) is 0. The fourth-order valence-corrected chi connectivity index (χ4v) is 3.48. The summed E-state index contributed by atoms with van der Waals surface area (Å²) >= 11 is 1.04. The molecule has 4 heteroatoms. The maximum Gasteiger partial charge on any atom is 0.307 e. The summed E-state index contributed by atoms with van der Waals surface area (Å²) in [6.07, 6.45) is 0. The molecule has 3 aromatic rings. The van der Waals surface area contributed by atoms with E-state index in [1.165, 1.54) is 24.3 Å². The van der Waals surface area contributed by atoms with Gasteiger partial charge in [-0.25, -0.2) is 4.39 Å².